The minimum atomic E-state index is -3.72. The second kappa shape index (κ2) is 4.37. The van der Waals surface area contributed by atoms with Crippen molar-refractivity contribution >= 4 is 11.6 Å². The Balaban J connectivity index is 2.86. The third-order valence-corrected chi connectivity index (χ3v) is 3.09. The largest absolute Gasteiger partial charge is 0.362 e. The molecule has 2 atom stereocenters. The molecule has 1 aliphatic carbocycles. The SMILES string of the molecule is CCCCC1C(=O)C(F)(F)C(=O)C1CC. The molecule has 2 unspecified atom stereocenters. The van der Waals surface area contributed by atoms with Gasteiger partial charge in [-0.25, -0.2) is 0 Å². The van der Waals surface area contributed by atoms with E-state index in [1.54, 1.807) is 6.92 Å². The molecule has 86 valence electrons. The minimum absolute atomic E-state index is 0.328. The highest BCUT2D eigenvalue weighted by atomic mass is 19.3. The fraction of sp³-hybridized carbons (Fsp3) is 0.818. The van der Waals surface area contributed by atoms with Crippen LogP contribution < -0.4 is 0 Å². The Hall–Kier alpha value is -0.800. The number of alkyl halides is 2. The number of unbranched alkanes of at least 4 members (excludes halogenated alkanes) is 1. The van der Waals surface area contributed by atoms with Crippen molar-refractivity contribution in [1.82, 2.24) is 0 Å². The first-order chi connectivity index (χ1) is 6.96. The molecule has 0 bridgehead atoms. The minimum Gasteiger partial charge on any atom is -0.292 e. The van der Waals surface area contributed by atoms with E-state index in [0.717, 1.165) is 12.8 Å². The van der Waals surface area contributed by atoms with Gasteiger partial charge in [-0.2, -0.15) is 8.78 Å². The average molecular weight is 218 g/mol. The van der Waals surface area contributed by atoms with Gasteiger partial charge in [-0.1, -0.05) is 26.7 Å². The van der Waals surface area contributed by atoms with Gasteiger partial charge in [-0.3, -0.25) is 9.59 Å². The number of hydrogen-bond donors (Lipinski definition) is 0. The highest BCUT2D eigenvalue weighted by molar-refractivity contribution is 6.16. The van der Waals surface area contributed by atoms with Gasteiger partial charge in [-0.15, -0.1) is 0 Å². The summed E-state index contributed by atoms with van der Waals surface area (Å²) >= 11 is 0. The number of carbonyl (C=O) groups excluding carboxylic acids is 2. The van der Waals surface area contributed by atoms with Crippen LogP contribution in [0.15, 0.2) is 0 Å². The van der Waals surface area contributed by atoms with Crippen molar-refractivity contribution in [3.8, 4) is 0 Å². The fourth-order valence-electron chi connectivity index (χ4n) is 2.18. The van der Waals surface area contributed by atoms with Crippen LogP contribution in [0.1, 0.15) is 39.5 Å². The van der Waals surface area contributed by atoms with E-state index >= 15 is 0 Å². The number of rotatable bonds is 4. The monoisotopic (exact) mass is 218 g/mol. The average Bonchev–Trinajstić information content (AvgIpc) is 2.36. The van der Waals surface area contributed by atoms with Crippen LogP contribution in [0.2, 0.25) is 0 Å². The lowest BCUT2D eigenvalue weighted by atomic mass is 9.88. The van der Waals surface area contributed by atoms with Gasteiger partial charge in [0.1, 0.15) is 0 Å². The molecule has 1 aliphatic rings. The van der Waals surface area contributed by atoms with Gasteiger partial charge in [0.15, 0.2) is 0 Å². The van der Waals surface area contributed by atoms with Gasteiger partial charge in [0, 0.05) is 11.8 Å². The Morgan fingerprint density at radius 3 is 2.13 bits per heavy atom. The summed E-state index contributed by atoms with van der Waals surface area (Å²) in [7, 11) is 0. The Labute approximate surface area is 88.0 Å². The third kappa shape index (κ3) is 1.94. The highest BCUT2D eigenvalue weighted by Gasteiger charge is 2.61. The highest BCUT2D eigenvalue weighted by Crippen LogP contribution is 2.40. The maximum atomic E-state index is 13.1. The molecular weight excluding hydrogens is 202 g/mol. The lowest BCUT2D eigenvalue weighted by molar-refractivity contribution is -0.151. The number of Topliss-reactive ketones (excluding diaryl/α,β-unsaturated/α-hetero) is 2. The molecule has 0 heterocycles. The maximum Gasteiger partial charge on any atom is 0.362 e. The second-order valence-electron chi connectivity index (χ2n) is 4.07. The van der Waals surface area contributed by atoms with Crippen LogP contribution in [-0.2, 0) is 9.59 Å². The molecule has 1 fully saturated rings. The van der Waals surface area contributed by atoms with Gasteiger partial charge in [0.2, 0.25) is 11.6 Å². The number of halogens is 2. The van der Waals surface area contributed by atoms with Gasteiger partial charge < -0.3 is 0 Å². The van der Waals surface area contributed by atoms with Crippen LogP contribution >= 0.6 is 0 Å². The Bertz CT molecular complexity index is 274. The summed E-state index contributed by atoms with van der Waals surface area (Å²) < 4.78 is 26.3. The van der Waals surface area contributed by atoms with E-state index in [0.29, 0.717) is 12.8 Å². The van der Waals surface area contributed by atoms with Crippen molar-refractivity contribution < 1.29 is 18.4 Å². The Morgan fingerprint density at radius 1 is 1.13 bits per heavy atom. The molecule has 0 N–H and O–H groups in total. The summed E-state index contributed by atoms with van der Waals surface area (Å²) in [6, 6.07) is 0. The van der Waals surface area contributed by atoms with Crippen molar-refractivity contribution in [3.63, 3.8) is 0 Å². The quantitative estimate of drug-likeness (QED) is 0.680. The molecule has 0 saturated heterocycles. The zero-order valence-corrected chi connectivity index (χ0v) is 9.06. The van der Waals surface area contributed by atoms with Crippen LogP contribution in [0.5, 0.6) is 0 Å². The smallest absolute Gasteiger partial charge is 0.292 e. The molecule has 0 radical (unpaired) electrons. The molecule has 0 aromatic carbocycles. The van der Waals surface area contributed by atoms with Crippen molar-refractivity contribution in [2.45, 2.75) is 45.5 Å². The van der Waals surface area contributed by atoms with Crippen LogP contribution in [-0.4, -0.2) is 17.5 Å². The molecule has 1 rings (SSSR count). The van der Waals surface area contributed by atoms with Crippen molar-refractivity contribution in [2.75, 3.05) is 0 Å². The molecule has 1 saturated carbocycles. The summed E-state index contributed by atoms with van der Waals surface area (Å²) in [6.45, 7) is 3.61. The lowest BCUT2D eigenvalue weighted by Crippen LogP contribution is -2.31. The molecule has 0 spiro atoms. The molecular formula is C11H16F2O2. The number of ketones is 2. The predicted octanol–water partition coefficient (Wildman–Crippen LogP) is 2.61. The zero-order chi connectivity index (χ0) is 11.6. The zero-order valence-electron chi connectivity index (χ0n) is 9.06. The van der Waals surface area contributed by atoms with Gasteiger partial charge in [-0.05, 0) is 12.8 Å². The first kappa shape index (κ1) is 12.3. The molecule has 0 amide bonds. The number of hydrogen-bond acceptors (Lipinski definition) is 2. The molecule has 0 aromatic rings. The maximum absolute atomic E-state index is 13.1. The summed E-state index contributed by atoms with van der Waals surface area (Å²) in [5, 5.41) is 0. The Morgan fingerprint density at radius 2 is 1.67 bits per heavy atom. The standard InChI is InChI=1S/C11H16F2O2/c1-3-5-6-8-7(4-2)9(14)11(12,13)10(8)15/h7-8H,3-6H2,1-2H3. The molecule has 15 heavy (non-hydrogen) atoms. The molecule has 0 aromatic heterocycles. The van der Waals surface area contributed by atoms with Crippen LogP contribution in [0.3, 0.4) is 0 Å². The summed E-state index contributed by atoms with van der Waals surface area (Å²) in [6.07, 6.45) is 2.31. The van der Waals surface area contributed by atoms with Gasteiger partial charge in [0.05, 0.1) is 0 Å². The normalized spacial score (nSPS) is 29.9. The predicted molar refractivity (Wildman–Crippen MR) is 51.8 cm³/mol. The number of carbonyl (C=O) groups is 2. The molecule has 2 nitrogen and oxygen atoms in total. The van der Waals surface area contributed by atoms with Crippen molar-refractivity contribution in [1.29, 1.82) is 0 Å². The van der Waals surface area contributed by atoms with Gasteiger partial charge >= 0.3 is 5.92 Å². The van der Waals surface area contributed by atoms with E-state index in [1.165, 1.54) is 0 Å². The van der Waals surface area contributed by atoms with Crippen LogP contribution in [0.4, 0.5) is 8.78 Å². The first-order valence-corrected chi connectivity index (χ1v) is 5.43. The second-order valence-corrected chi connectivity index (χ2v) is 4.07. The molecule has 0 aliphatic heterocycles. The van der Waals surface area contributed by atoms with E-state index in [1.807, 2.05) is 6.92 Å². The first-order valence-electron chi connectivity index (χ1n) is 5.43. The van der Waals surface area contributed by atoms with E-state index in [-0.39, 0.29) is 0 Å². The van der Waals surface area contributed by atoms with E-state index in [4.69, 9.17) is 0 Å². The summed E-state index contributed by atoms with van der Waals surface area (Å²) in [5.41, 5.74) is 0. The Kier molecular flexibility index (Phi) is 3.58. The van der Waals surface area contributed by atoms with Gasteiger partial charge in [0.25, 0.3) is 0 Å². The summed E-state index contributed by atoms with van der Waals surface area (Å²) in [5.74, 6) is -7.57. The third-order valence-electron chi connectivity index (χ3n) is 3.09. The fourth-order valence-corrected chi connectivity index (χ4v) is 2.18. The van der Waals surface area contributed by atoms with Crippen LogP contribution in [0, 0.1) is 11.8 Å². The van der Waals surface area contributed by atoms with Crippen molar-refractivity contribution in [2.24, 2.45) is 11.8 Å². The van der Waals surface area contributed by atoms with Crippen LogP contribution in [0.25, 0.3) is 0 Å². The van der Waals surface area contributed by atoms with E-state index in [2.05, 4.69) is 0 Å². The summed E-state index contributed by atoms with van der Waals surface area (Å²) in [4.78, 5) is 22.6. The molecule has 4 heteroatoms. The topological polar surface area (TPSA) is 34.1 Å². The van der Waals surface area contributed by atoms with E-state index in [9.17, 15) is 18.4 Å². The van der Waals surface area contributed by atoms with E-state index < -0.39 is 29.3 Å². The van der Waals surface area contributed by atoms with Crippen molar-refractivity contribution in [3.05, 3.63) is 0 Å². The lowest BCUT2D eigenvalue weighted by Gasteiger charge is -2.12.